The fraction of sp³-hybridized carbons (Fsp3) is 0.200. The molecule has 0 saturated heterocycles. The molecule has 0 bridgehead atoms. The molecule has 0 amide bonds. The Balaban J connectivity index is 1.80. The summed E-state index contributed by atoms with van der Waals surface area (Å²) < 4.78 is 20.7. The molecule has 0 aliphatic carbocycles. The van der Waals surface area contributed by atoms with Crippen LogP contribution in [0.25, 0.3) is 5.69 Å². The van der Waals surface area contributed by atoms with Crippen LogP contribution in [0.1, 0.15) is 37.8 Å². The van der Waals surface area contributed by atoms with Crippen LogP contribution < -0.4 is 0 Å². The van der Waals surface area contributed by atoms with E-state index in [0.717, 1.165) is 5.69 Å². The van der Waals surface area contributed by atoms with E-state index in [-0.39, 0.29) is 17.3 Å². The van der Waals surface area contributed by atoms with Crippen LogP contribution in [0.5, 0.6) is 0 Å². The van der Waals surface area contributed by atoms with Gasteiger partial charge in [-0.2, -0.15) is 0 Å². The van der Waals surface area contributed by atoms with E-state index < -0.39 is 12.6 Å². The van der Waals surface area contributed by atoms with Gasteiger partial charge in [-0.25, -0.2) is 14.2 Å². The monoisotopic (exact) mass is 367 g/mol. The van der Waals surface area contributed by atoms with E-state index in [1.54, 1.807) is 36.6 Å². The van der Waals surface area contributed by atoms with Gasteiger partial charge in [0.2, 0.25) is 5.78 Å². The molecular formula is C20H18FN3O3. The van der Waals surface area contributed by atoms with Crippen molar-refractivity contribution in [1.82, 2.24) is 14.5 Å². The quantitative estimate of drug-likeness (QED) is 0.511. The molecule has 0 spiro atoms. The maximum atomic E-state index is 13.9. The number of nitrogens with zero attached hydrogens (tertiary/aromatic N) is 3. The summed E-state index contributed by atoms with van der Waals surface area (Å²) in [7, 11) is 0. The molecule has 0 radical (unpaired) electrons. The van der Waals surface area contributed by atoms with E-state index >= 15 is 0 Å². The summed E-state index contributed by atoms with van der Waals surface area (Å²) in [6, 6.07) is 6.61. The number of aromatic nitrogens is 3. The number of aryl methyl sites for hydroxylation is 2. The molecule has 0 saturated carbocycles. The van der Waals surface area contributed by atoms with E-state index in [4.69, 9.17) is 4.74 Å². The van der Waals surface area contributed by atoms with Crippen molar-refractivity contribution in [3.05, 3.63) is 76.9 Å². The topological polar surface area (TPSA) is 74.1 Å². The van der Waals surface area contributed by atoms with Crippen LogP contribution in [-0.2, 0) is 4.74 Å². The van der Waals surface area contributed by atoms with Gasteiger partial charge in [-0.1, -0.05) is 6.07 Å². The maximum Gasteiger partial charge on any atom is 0.358 e. The zero-order valence-electron chi connectivity index (χ0n) is 15.2. The number of ketones is 1. The van der Waals surface area contributed by atoms with Gasteiger partial charge >= 0.3 is 5.97 Å². The summed E-state index contributed by atoms with van der Waals surface area (Å²) in [6.07, 6.45) is 4.07. The van der Waals surface area contributed by atoms with Crippen molar-refractivity contribution in [3.63, 3.8) is 0 Å². The van der Waals surface area contributed by atoms with E-state index in [1.807, 2.05) is 6.92 Å². The summed E-state index contributed by atoms with van der Waals surface area (Å²) in [4.78, 5) is 32.0. The molecule has 0 atom stereocenters. The fourth-order valence-electron chi connectivity index (χ4n) is 2.85. The Morgan fingerprint density at radius 3 is 2.59 bits per heavy atom. The Hall–Kier alpha value is -3.35. The number of esters is 1. The minimum absolute atomic E-state index is 0.0332. The lowest BCUT2D eigenvalue weighted by atomic mass is 10.1. The smallest absolute Gasteiger partial charge is 0.358 e. The first-order valence-corrected chi connectivity index (χ1v) is 8.30. The summed E-state index contributed by atoms with van der Waals surface area (Å²) in [6.45, 7) is 4.87. The van der Waals surface area contributed by atoms with Gasteiger partial charge in [-0.3, -0.25) is 9.78 Å². The molecule has 7 heteroatoms. The Morgan fingerprint density at radius 2 is 1.93 bits per heavy atom. The zero-order valence-corrected chi connectivity index (χ0v) is 15.2. The normalized spacial score (nSPS) is 10.7. The van der Waals surface area contributed by atoms with Crippen molar-refractivity contribution in [2.24, 2.45) is 0 Å². The molecule has 138 valence electrons. The molecule has 2 aromatic heterocycles. The Labute approximate surface area is 155 Å². The van der Waals surface area contributed by atoms with Crippen LogP contribution in [0.4, 0.5) is 4.39 Å². The highest BCUT2D eigenvalue weighted by Gasteiger charge is 2.19. The SMILES string of the molecule is Cc1ccc(-n2c(C)cc(C(=O)COC(=O)c3cnccn3)c2C)cc1F. The minimum atomic E-state index is -0.717. The van der Waals surface area contributed by atoms with Gasteiger partial charge in [-0.05, 0) is 44.5 Å². The summed E-state index contributed by atoms with van der Waals surface area (Å²) in [5.74, 6) is -1.38. The number of carbonyl (C=O) groups is 2. The summed E-state index contributed by atoms with van der Waals surface area (Å²) in [5.41, 5.74) is 3.05. The highest BCUT2D eigenvalue weighted by Crippen LogP contribution is 2.23. The summed E-state index contributed by atoms with van der Waals surface area (Å²) >= 11 is 0. The zero-order chi connectivity index (χ0) is 19.6. The van der Waals surface area contributed by atoms with Gasteiger partial charge in [0.05, 0.1) is 6.20 Å². The second-order valence-electron chi connectivity index (χ2n) is 6.14. The molecule has 3 aromatic rings. The third-order valence-electron chi connectivity index (χ3n) is 4.25. The van der Waals surface area contributed by atoms with Crippen molar-refractivity contribution in [3.8, 4) is 5.69 Å². The number of benzene rings is 1. The first kappa shape index (κ1) is 18.4. The van der Waals surface area contributed by atoms with Crippen LogP contribution in [0.3, 0.4) is 0 Å². The van der Waals surface area contributed by atoms with Crippen LogP contribution in [0, 0.1) is 26.6 Å². The van der Waals surface area contributed by atoms with Crippen LogP contribution in [-0.4, -0.2) is 32.9 Å². The number of Topliss-reactive ketones (excluding diaryl/α,β-unsaturated/α-hetero) is 1. The van der Waals surface area contributed by atoms with E-state index in [2.05, 4.69) is 9.97 Å². The van der Waals surface area contributed by atoms with Crippen molar-refractivity contribution < 1.29 is 18.7 Å². The lowest BCUT2D eigenvalue weighted by Gasteiger charge is -2.11. The van der Waals surface area contributed by atoms with Gasteiger partial charge in [0.15, 0.2) is 12.3 Å². The highest BCUT2D eigenvalue weighted by molar-refractivity contribution is 6.00. The van der Waals surface area contributed by atoms with E-state index in [1.165, 1.54) is 24.7 Å². The molecule has 0 fully saturated rings. The second-order valence-corrected chi connectivity index (χ2v) is 6.14. The Bertz CT molecular complexity index is 1010. The van der Waals surface area contributed by atoms with Crippen molar-refractivity contribution in [2.45, 2.75) is 20.8 Å². The first-order valence-electron chi connectivity index (χ1n) is 8.30. The Kier molecular flexibility index (Phi) is 5.12. The van der Waals surface area contributed by atoms with Gasteiger partial charge in [-0.15, -0.1) is 0 Å². The average molecular weight is 367 g/mol. The number of carbonyl (C=O) groups excluding carboxylic acids is 2. The van der Waals surface area contributed by atoms with Gasteiger partial charge < -0.3 is 9.30 Å². The molecule has 6 nitrogen and oxygen atoms in total. The molecule has 0 aliphatic rings. The standard InChI is InChI=1S/C20H18FN3O3/c1-12-4-5-15(9-17(12)21)24-13(2)8-16(14(24)3)19(25)11-27-20(26)18-10-22-6-7-23-18/h4-10H,11H2,1-3H3. The minimum Gasteiger partial charge on any atom is -0.453 e. The average Bonchev–Trinajstić information content (AvgIpc) is 2.97. The predicted octanol–water partition coefficient (Wildman–Crippen LogP) is 3.37. The number of hydrogen-bond donors (Lipinski definition) is 0. The van der Waals surface area contributed by atoms with Gasteiger partial charge in [0.1, 0.15) is 5.82 Å². The predicted molar refractivity (Wildman–Crippen MR) is 96.6 cm³/mol. The molecule has 0 N–H and O–H groups in total. The van der Waals surface area contributed by atoms with Crippen LogP contribution >= 0.6 is 0 Å². The Morgan fingerprint density at radius 1 is 1.15 bits per heavy atom. The third-order valence-corrected chi connectivity index (χ3v) is 4.25. The third kappa shape index (κ3) is 3.76. The van der Waals surface area contributed by atoms with Crippen molar-refractivity contribution in [1.29, 1.82) is 0 Å². The lowest BCUT2D eigenvalue weighted by molar-refractivity contribution is 0.0468. The molecule has 1 aromatic carbocycles. The van der Waals surface area contributed by atoms with Crippen LogP contribution in [0.2, 0.25) is 0 Å². The fourth-order valence-corrected chi connectivity index (χ4v) is 2.85. The number of hydrogen-bond acceptors (Lipinski definition) is 5. The van der Waals surface area contributed by atoms with Crippen molar-refractivity contribution >= 4 is 11.8 Å². The van der Waals surface area contributed by atoms with Crippen molar-refractivity contribution in [2.75, 3.05) is 6.61 Å². The van der Waals surface area contributed by atoms with Gasteiger partial charge in [0.25, 0.3) is 0 Å². The summed E-state index contributed by atoms with van der Waals surface area (Å²) in [5, 5.41) is 0. The molecule has 3 rings (SSSR count). The van der Waals surface area contributed by atoms with E-state index in [0.29, 0.717) is 22.5 Å². The maximum absolute atomic E-state index is 13.9. The number of halogens is 1. The molecular weight excluding hydrogens is 349 g/mol. The molecule has 27 heavy (non-hydrogen) atoms. The first-order chi connectivity index (χ1) is 12.9. The van der Waals surface area contributed by atoms with E-state index in [9.17, 15) is 14.0 Å². The number of rotatable bonds is 5. The molecule has 0 unspecified atom stereocenters. The largest absolute Gasteiger partial charge is 0.453 e. The van der Waals surface area contributed by atoms with Crippen LogP contribution in [0.15, 0.2) is 42.9 Å². The molecule has 2 heterocycles. The number of ether oxygens (including phenoxy) is 1. The van der Waals surface area contributed by atoms with Gasteiger partial charge in [0, 0.05) is 35.0 Å². The highest BCUT2D eigenvalue weighted by atomic mass is 19.1. The second kappa shape index (κ2) is 7.49. The molecule has 0 aliphatic heterocycles. The lowest BCUT2D eigenvalue weighted by Crippen LogP contribution is -2.16.